The molecule has 0 aliphatic carbocycles. The van der Waals surface area contributed by atoms with Gasteiger partial charge in [0.15, 0.2) is 0 Å². The Balaban J connectivity index is 1.60. The number of rotatable bonds is 8. The van der Waals surface area contributed by atoms with Gasteiger partial charge in [-0.1, -0.05) is 200 Å². The second-order valence-corrected chi connectivity index (χ2v) is 21.0. The fourth-order valence-electron chi connectivity index (χ4n) is 7.21. The minimum atomic E-state index is -2.75. The summed E-state index contributed by atoms with van der Waals surface area (Å²) < 4.78 is 6.08. The molecule has 1 unspecified atom stereocenters. The van der Waals surface area contributed by atoms with Crippen LogP contribution in [0.25, 0.3) is 32.7 Å². The Hall–Kier alpha value is -4.62. The molecule has 1 nitrogen and oxygen atoms in total. The fraction of sp³-hybridized carbons (Fsp3) is 0.0222. The van der Waals surface area contributed by atoms with Crippen LogP contribution in [0.5, 0.6) is 5.75 Å². The Morgan fingerprint density at radius 1 is 0.360 bits per heavy atom. The molecule has 0 aromatic heterocycles. The Morgan fingerprint density at radius 3 is 1.22 bits per heavy atom. The maximum atomic E-state index is 7.17. The van der Waals surface area contributed by atoms with Crippen molar-refractivity contribution in [1.29, 1.82) is 0 Å². The van der Waals surface area contributed by atoms with Crippen LogP contribution in [0.15, 0.2) is 188 Å². The molecule has 0 aliphatic heterocycles. The van der Waals surface area contributed by atoms with Crippen LogP contribution in [0.1, 0.15) is 0 Å². The van der Waals surface area contributed by atoms with E-state index in [1.807, 2.05) is 12.1 Å². The molecule has 0 bridgehead atoms. The number of ether oxygens (including phenoxy) is 1. The predicted octanol–water partition coefficient (Wildman–Crippen LogP) is 9.18. The van der Waals surface area contributed by atoms with Gasteiger partial charge in [0.05, 0.1) is 7.11 Å². The van der Waals surface area contributed by atoms with E-state index in [4.69, 9.17) is 28.4 Å². The Kier molecular flexibility index (Phi) is 8.86. The SMILES string of the molecule is COc1ccccc1P(=S)(c1ccccc1)c1ccc2ccccc2c1-c1c(P(=S)(c2ccccc2)c2ccccc2)ccc2ccccc12. The first-order valence-corrected chi connectivity index (χ1v) is 22.2. The number of hydrogen-bond donors (Lipinski definition) is 0. The molecule has 0 saturated carbocycles. The van der Waals surface area contributed by atoms with Gasteiger partial charge in [-0.3, -0.25) is 0 Å². The van der Waals surface area contributed by atoms with Gasteiger partial charge in [0, 0.05) is 28.0 Å². The van der Waals surface area contributed by atoms with E-state index in [0.29, 0.717) is 0 Å². The second kappa shape index (κ2) is 13.6. The standard InChI is InChI=1S/C45H34OP2S2/c1-46-40-27-15-16-28-41(40)48(50,37-23-9-4-10-24-37)43-32-30-34-18-12-14-26-39(34)45(43)44-38-25-13-11-17-33(38)29-31-42(44)47(49,35-19-5-2-6-20-35)36-21-7-3-8-22-36/h2-32H,1H3. The Labute approximate surface area is 304 Å². The van der Waals surface area contributed by atoms with Gasteiger partial charge >= 0.3 is 0 Å². The lowest BCUT2D eigenvalue weighted by atomic mass is 9.93. The number of fused-ring (bicyclic) bond motifs is 2. The van der Waals surface area contributed by atoms with E-state index in [1.165, 1.54) is 5.39 Å². The molecule has 0 heterocycles. The van der Waals surface area contributed by atoms with E-state index in [2.05, 4.69) is 176 Å². The van der Waals surface area contributed by atoms with Crippen molar-refractivity contribution in [3.05, 3.63) is 188 Å². The first kappa shape index (κ1) is 32.6. The summed E-state index contributed by atoms with van der Waals surface area (Å²) in [7, 11) is 1.74. The van der Waals surface area contributed by atoms with Gasteiger partial charge < -0.3 is 4.74 Å². The maximum absolute atomic E-state index is 7.17. The van der Waals surface area contributed by atoms with Gasteiger partial charge in [0.2, 0.25) is 0 Å². The van der Waals surface area contributed by atoms with Crippen molar-refractivity contribution in [2.75, 3.05) is 7.11 Å². The molecule has 8 rings (SSSR count). The summed E-state index contributed by atoms with van der Waals surface area (Å²) in [6.07, 6.45) is 0. The van der Waals surface area contributed by atoms with Gasteiger partial charge in [-0.05, 0) is 60.7 Å². The van der Waals surface area contributed by atoms with Crippen LogP contribution >= 0.6 is 12.1 Å². The molecular weight excluding hydrogens is 683 g/mol. The highest BCUT2D eigenvalue weighted by Crippen LogP contribution is 2.53. The number of methoxy groups -OCH3 is 1. The van der Waals surface area contributed by atoms with E-state index < -0.39 is 12.1 Å². The van der Waals surface area contributed by atoms with E-state index in [9.17, 15) is 0 Å². The van der Waals surface area contributed by atoms with Crippen LogP contribution in [0.2, 0.25) is 0 Å². The topological polar surface area (TPSA) is 9.23 Å². The molecule has 0 N–H and O–H groups in total. The van der Waals surface area contributed by atoms with Crippen LogP contribution in [-0.4, -0.2) is 7.11 Å². The second-order valence-electron chi connectivity index (χ2n) is 12.3. The van der Waals surface area contributed by atoms with Crippen molar-refractivity contribution in [3.8, 4) is 16.9 Å². The molecule has 50 heavy (non-hydrogen) atoms. The first-order valence-electron chi connectivity index (χ1n) is 16.6. The third-order valence-corrected chi connectivity index (χ3v) is 19.4. The number of para-hydroxylation sites is 1. The molecule has 1 atom stereocenters. The van der Waals surface area contributed by atoms with Crippen LogP contribution in [0, 0.1) is 0 Å². The average Bonchev–Trinajstić information content (AvgIpc) is 3.20. The average molecular weight is 717 g/mol. The summed E-state index contributed by atoms with van der Waals surface area (Å²) in [5.41, 5.74) is 2.31. The van der Waals surface area contributed by atoms with Crippen molar-refractivity contribution in [1.82, 2.24) is 0 Å². The highest BCUT2D eigenvalue weighted by molar-refractivity contribution is 8.26. The molecule has 0 radical (unpaired) electrons. The quantitative estimate of drug-likeness (QED) is 0.145. The van der Waals surface area contributed by atoms with Gasteiger partial charge in [-0.2, -0.15) is 0 Å². The van der Waals surface area contributed by atoms with Crippen molar-refractivity contribution in [2.24, 2.45) is 0 Å². The van der Waals surface area contributed by atoms with Crippen molar-refractivity contribution in [3.63, 3.8) is 0 Å². The monoisotopic (exact) mass is 716 g/mol. The van der Waals surface area contributed by atoms with Crippen LogP contribution in [0.4, 0.5) is 0 Å². The highest BCUT2D eigenvalue weighted by atomic mass is 32.4. The van der Waals surface area contributed by atoms with Gasteiger partial charge in [0.25, 0.3) is 0 Å². The summed E-state index contributed by atoms with van der Waals surface area (Å²) in [6.45, 7) is 0. The van der Waals surface area contributed by atoms with Gasteiger partial charge in [-0.15, -0.1) is 0 Å². The van der Waals surface area contributed by atoms with Gasteiger partial charge in [-0.25, -0.2) is 0 Å². The lowest BCUT2D eigenvalue weighted by Gasteiger charge is -2.32. The molecular formula is C45H34OP2S2. The summed E-state index contributed by atoms with van der Waals surface area (Å²) >= 11 is 14.3. The highest BCUT2D eigenvalue weighted by Gasteiger charge is 2.35. The largest absolute Gasteiger partial charge is 0.496 e. The molecule has 8 aromatic carbocycles. The molecule has 0 spiro atoms. The minimum Gasteiger partial charge on any atom is -0.496 e. The zero-order chi connectivity index (χ0) is 34.1. The van der Waals surface area contributed by atoms with Crippen LogP contribution in [0.3, 0.4) is 0 Å². The summed E-state index contributed by atoms with van der Waals surface area (Å²) in [5, 5.41) is 11.4. The molecule has 0 fully saturated rings. The Morgan fingerprint density at radius 2 is 0.740 bits per heavy atom. The van der Waals surface area contributed by atoms with Crippen LogP contribution < -0.4 is 36.6 Å². The third kappa shape index (κ3) is 5.38. The molecule has 0 amide bonds. The molecule has 0 saturated heterocycles. The Bertz CT molecular complexity index is 2540. The molecule has 5 heteroatoms. The van der Waals surface area contributed by atoms with Gasteiger partial charge in [0.1, 0.15) is 5.75 Å². The predicted molar refractivity (Wildman–Crippen MR) is 226 cm³/mol. The van der Waals surface area contributed by atoms with Crippen molar-refractivity contribution >= 4 is 89.1 Å². The summed E-state index contributed by atoms with van der Waals surface area (Å²) in [4.78, 5) is 0. The maximum Gasteiger partial charge on any atom is 0.127 e. The zero-order valence-corrected chi connectivity index (χ0v) is 30.9. The van der Waals surface area contributed by atoms with Crippen molar-refractivity contribution in [2.45, 2.75) is 0 Å². The van der Waals surface area contributed by atoms with Crippen molar-refractivity contribution < 1.29 is 4.74 Å². The van der Waals surface area contributed by atoms with E-state index >= 15 is 0 Å². The lowest BCUT2D eigenvalue weighted by molar-refractivity contribution is 0.418. The number of hydrogen-bond acceptors (Lipinski definition) is 3. The minimum absolute atomic E-state index is 0.802. The summed E-state index contributed by atoms with van der Waals surface area (Å²) in [6, 6.07) is 61.5. The first-order chi connectivity index (χ1) is 24.5. The normalized spacial score (nSPS) is 12.8. The summed E-state index contributed by atoms with van der Waals surface area (Å²) in [5.74, 6) is 0.802. The third-order valence-electron chi connectivity index (χ3n) is 9.53. The van der Waals surface area contributed by atoms with Crippen LogP contribution in [-0.2, 0) is 23.6 Å². The molecule has 0 aliphatic rings. The molecule has 242 valence electrons. The van der Waals surface area contributed by atoms with E-state index in [0.717, 1.165) is 64.9 Å². The fourth-order valence-corrected chi connectivity index (χ4v) is 15.6. The van der Waals surface area contributed by atoms with E-state index in [-0.39, 0.29) is 0 Å². The zero-order valence-electron chi connectivity index (χ0n) is 27.5. The number of benzene rings is 8. The molecule has 8 aromatic rings. The lowest BCUT2D eigenvalue weighted by Crippen LogP contribution is -2.30. The smallest absolute Gasteiger partial charge is 0.127 e. The van der Waals surface area contributed by atoms with E-state index in [1.54, 1.807) is 7.11 Å².